The number of carbonyl (C=O) groups is 1. The van der Waals surface area contributed by atoms with Crippen molar-refractivity contribution in [3.63, 3.8) is 0 Å². The lowest BCUT2D eigenvalue weighted by Crippen LogP contribution is -2.29. The number of carbonyl (C=O) groups excluding carboxylic acids is 1. The van der Waals surface area contributed by atoms with Crippen molar-refractivity contribution >= 4 is 16.9 Å². The summed E-state index contributed by atoms with van der Waals surface area (Å²) in [6.45, 7) is 5.16. The van der Waals surface area contributed by atoms with Crippen molar-refractivity contribution < 1.29 is 4.79 Å². The van der Waals surface area contributed by atoms with Gasteiger partial charge in [0.05, 0.1) is 17.4 Å². The van der Waals surface area contributed by atoms with Gasteiger partial charge in [0.1, 0.15) is 0 Å². The van der Waals surface area contributed by atoms with E-state index in [2.05, 4.69) is 20.9 Å². The summed E-state index contributed by atoms with van der Waals surface area (Å²) in [6, 6.07) is 3.99. The van der Waals surface area contributed by atoms with Crippen LogP contribution in [0.15, 0.2) is 18.5 Å². The molecule has 0 aliphatic carbocycles. The normalized spacial score (nSPS) is 18.9. The average molecular weight is 284 g/mol. The van der Waals surface area contributed by atoms with E-state index in [1.165, 1.54) is 25.9 Å². The van der Waals surface area contributed by atoms with Crippen molar-refractivity contribution in [2.24, 2.45) is 0 Å². The summed E-state index contributed by atoms with van der Waals surface area (Å²) in [4.78, 5) is 24.3. The van der Waals surface area contributed by atoms with Crippen LogP contribution >= 0.6 is 0 Å². The third-order valence-corrected chi connectivity index (χ3v) is 4.63. The quantitative estimate of drug-likeness (QED) is 0.934. The molecule has 0 radical (unpaired) electrons. The van der Waals surface area contributed by atoms with E-state index in [-0.39, 0.29) is 5.91 Å². The number of aromatic amines is 1. The Hall–Kier alpha value is -1.88. The number of nitrogens with zero attached hydrogens (tertiary/aromatic N) is 3. The Morgan fingerprint density at radius 1 is 1.19 bits per heavy atom. The van der Waals surface area contributed by atoms with Gasteiger partial charge in [0.25, 0.3) is 5.91 Å². The summed E-state index contributed by atoms with van der Waals surface area (Å²) < 4.78 is 0. The molecule has 1 amide bonds. The molecule has 3 heterocycles. The van der Waals surface area contributed by atoms with Crippen molar-refractivity contribution in [3.05, 3.63) is 29.6 Å². The third kappa shape index (κ3) is 2.31. The molecule has 110 valence electrons. The van der Waals surface area contributed by atoms with E-state index < -0.39 is 0 Å². The molecule has 0 saturated carbocycles. The fourth-order valence-corrected chi connectivity index (χ4v) is 3.48. The molecular weight excluding hydrogens is 264 g/mol. The lowest BCUT2D eigenvalue weighted by Gasteiger charge is -2.19. The minimum atomic E-state index is 0.163. The van der Waals surface area contributed by atoms with Crippen LogP contribution in [-0.2, 0) is 6.54 Å². The number of amides is 1. The molecule has 5 heteroatoms. The zero-order chi connectivity index (χ0) is 14.2. The Labute approximate surface area is 123 Å². The van der Waals surface area contributed by atoms with Gasteiger partial charge >= 0.3 is 0 Å². The van der Waals surface area contributed by atoms with E-state index in [9.17, 15) is 4.79 Å². The van der Waals surface area contributed by atoms with Crippen LogP contribution in [0.3, 0.4) is 0 Å². The number of fused-ring (bicyclic) bond motifs is 2. The molecule has 1 aromatic carbocycles. The number of H-pyrrole nitrogens is 1. The minimum absolute atomic E-state index is 0.163. The van der Waals surface area contributed by atoms with E-state index in [4.69, 9.17) is 0 Å². The molecule has 4 rings (SSSR count). The summed E-state index contributed by atoms with van der Waals surface area (Å²) in [5.74, 6) is 0.163. The first-order valence-corrected chi connectivity index (χ1v) is 7.79. The molecule has 1 aromatic heterocycles. The maximum atomic E-state index is 12.5. The van der Waals surface area contributed by atoms with Crippen LogP contribution in [0.1, 0.15) is 35.2 Å². The Morgan fingerprint density at radius 3 is 2.90 bits per heavy atom. The zero-order valence-electron chi connectivity index (χ0n) is 12.1. The van der Waals surface area contributed by atoms with Gasteiger partial charge in [-0.3, -0.25) is 4.79 Å². The number of likely N-dealkylation sites (tertiary alicyclic amines) is 1. The highest BCUT2D eigenvalue weighted by atomic mass is 16.2. The van der Waals surface area contributed by atoms with Crippen LogP contribution in [-0.4, -0.2) is 51.9 Å². The molecule has 0 bridgehead atoms. The molecule has 0 spiro atoms. The summed E-state index contributed by atoms with van der Waals surface area (Å²) in [5.41, 5.74) is 3.84. The van der Waals surface area contributed by atoms with Crippen LogP contribution < -0.4 is 0 Å². The van der Waals surface area contributed by atoms with Crippen LogP contribution in [0.5, 0.6) is 0 Å². The van der Waals surface area contributed by atoms with Gasteiger partial charge < -0.3 is 14.8 Å². The lowest BCUT2D eigenvalue weighted by atomic mass is 10.1. The number of rotatable bonds is 4. The van der Waals surface area contributed by atoms with Gasteiger partial charge in [-0.15, -0.1) is 0 Å². The summed E-state index contributed by atoms with van der Waals surface area (Å²) in [6.07, 6.45) is 5.40. The van der Waals surface area contributed by atoms with Crippen molar-refractivity contribution in [2.75, 3.05) is 26.2 Å². The van der Waals surface area contributed by atoms with Crippen molar-refractivity contribution in [2.45, 2.75) is 25.8 Å². The highest BCUT2D eigenvalue weighted by molar-refractivity contribution is 6.01. The smallest absolute Gasteiger partial charge is 0.254 e. The fourth-order valence-electron chi connectivity index (χ4n) is 3.48. The van der Waals surface area contributed by atoms with Crippen molar-refractivity contribution in [1.29, 1.82) is 0 Å². The highest BCUT2D eigenvalue weighted by Gasteiger charge is 2.27. The van der Waals surface area contributed by atoms with Gasteiger partial charge in [0, 0.05) is 18.7 Å². The van der Waals surface area contributed by atoms with E-state index in [0.717, 1.165) is 48.2 Å². The van der Waals surface area contributed by atoms with Gasteiger partial charge in [0.2, 0.25) is 0 Å². The average Bonchev–Trinajstić information content (AvgIpc) is 3.19. The van der Waals surface area contributed by atoms with Crippen LogP contribution in [0, 0.1) is 0 Å². The Bertz CT molecular complexity index is 672. The van der Waals surface area contributed by atoms with E-state index >= 15 is 0 Å². The Kier molecular flexibility index (Phi) is 3.15. The standard InChI is InChI=1S/C16H20N4O/c21-16-13-9-15-14(17-11-18-15)8-12(13)10-20(16)7-3-6-19-4-1-2-5-19/h8-9,11H,1-7,10H2,(H,17,18). The van der Waals surface area contributed by atoms with Crippen LogP contribution in [0.2, 0.25) is 0 Å². The first-order chi connectivity index (χ1) is 10.3. The van der Waals surface area contributed by atoms with Gasteiger partial charge in [-0.25, -0.2) is 4.98 Å². The number of hydrogen-bond acceptors (Lipinski definition) is 3. The van der Waals surface area contributed by atoms with Crippen molar-refractivity contribution in [1.82, 2.24) is 19.8 Å². The van der Waals surface area contributed by atoms with E-state index in [1.54, 1.807) is 6.33 Å². The second kappa shape index (κ2) is 5.15. The topological polar surface area (TPSA) is 52.2 Å². The zero-order valence-corrected chi connectivity index (χ0v) is 12.1. The number of hydrogen-bond donors (Lipinski definition) is 1. The van der Waals surface area contributed by atoms with Crippen LogP contribution in [0.4, 0.5) is 0 Å². The number of nitrogens with one attached hydrogen (secondary N) is 1. The van der Waals surface area contributed by atoms with Crippen LogP contribution in [0.25, 0.3) is 11.0 Å². The largest absolute Gasteiger partial charge is 0.345 e. The molecule has 0 unspecified atom stereocenters. The van der Waals surface area contributed by atoms with Gasteiger partial charge in [-0.1, -0.05) is 0 Å². The SMILES string of the molecule is O=C1c2cc3nc[nH]c3cc2CN1CCCN1CCCC1. The molecule has 5 nitrogen and oxygen atoms in total. The fraction of sp³-hybridized carbons (Fsp3) is 0.500. The molecule has 0 atom stereocenters. The maximum Gasteiger partial charge on any atom is 0.254 e. The molecule has 1 saturated heterocycles. The second-order valence-electron chi connectivity index (χ2n) is 6.06. The number of imidazole rings is 1. The Balaban J connectivity index is 1.42. The van der Waals surface area contributed by atoms with E-state index in [1.807, 2.05) is 11.0 Å². The molecule has 2 aliphatic rings. The highest BCUT2D eigenvalue weighted by Crippen LogP contribution is 2.26. The van der Waals surface area contributed by atoms with Crippen molar-refractivity contribution in [3.8, 4) is 0 Å². The summed E-state index contributed by atoms with van der Waals surface area (Å²) in [7, 11) is 0. The predicted molar refractivity (Wildman–Crippen MR) is 81.1 cm³/mol. The van der Waals surface area contributed by atoms with E-state index in [0.29, 0.717) is 0 Å². The molecule has 1 N–H and O–H groups in total. The lowest BCUT2D eigenvalue weighted by molar-refractivity contribution is 0.0772. The first kappa shape index (κ1) is 12.8. The summed E-state index contributed by atoms with van der Waals surface area (Å²) >= 11 is 0. The first-order valence-electron chi connectivity index (χ1n) is 7.79. The number of aromatic nitrogens is 2. The molecule has 2 aliphatic heterocycles. The van der Waals surface area contributed by atoms with Gasteiger partial charge in [-0.2, -0.15) is 0 Å². The molecule has 2 aromatic rings. The van der Waals surface area contributed by atoms with Gasteiger partial charge in [-0.05, 0) is 56.6 Å². The third-order valence-electron chi connectivity index (χ3n) is 4.63. The molecular formula is C16H20N4O. The monoisotopic (exact) mass is 284 g/mol. The predicted octanol–water partition coefficient (Wildman–Crippen LogP) is 2.00. The summed E-state index contributed by atoms with van der Waals surface area (Å²) in [5, 5.41) is 0. The second-order valence-corrected chi connectivity index (χ2v) is 6.06. The minimum Gasteiger partial charge on any atom is -0.345 e. The maximum absolute atomic E-state index is 12.5. The molecule has 1 fully saturated rings. The number of benzene rings is 1. The Morgan fingerprint density at radius 2 is 2.05 bits per heavy atom. The molecule has 21 heavy (non-hydrogen) atoms. The van der Waals surface area contributed by atoms with Gasteiger partial charge in [0.15, 0.2) is 0 Å².